The normalized spacial score (nSPS) is 17.6. The first-order valence-electron chi connectivity index (χ1n) is 8.79. The predicted molar refractivity (Wildman–Crippen MR) is 89.8 cm³/mol. The molecule has 1 fully saturated rings. The van der Waals surface area contributed by atoms with Crippen LogP contribution in [0.1, 0.15) is 70.4 Å². The summed E-state index contributed by atoms with van der Waals surface area (Å²) in [6, 6.07) is 9.15. The molecule has 2 nitrogen and oxygen atoms in total. The van der Waals surface area contributed by atoms with Gasteiger partial charge >= 0.3 is 0 Å². The molecule has 0 spiro atoms. The van der Waals surface area contributed by atoms with Crippen LogP contribution in [0.3, 0.4) is 0 Å². The molecule has 1 aliphatic rings. The highest BCUT2D eigenvalue weighted by atomic mass is 16.5. The zero-order chi connectivity index (χ0) is 14.9. The van der Waals surface area contributed by atoms with Crippen LogP contribution in [-0.4, -0.2) is 13.2 Å². The second-order valence-corrected chi connectivity index (χ2v) is 6.27. The molecule has 2 heteroatoms. The van der Waals surface area contributed by atoms with Gasteiger partial charge in [0, 0.05) is 6.04 Å². The largest absolute Gasteiger partial charge is 0.494 e. The van der Waals surface area contributed by atoms with E-state index in [0.29, 0.717) is 6.04 Å². The lowest BCUT2D eigenvalue weighted by Gasteiger charge is -2.27. The van der Waals surface area contributed by atoms with Crippen molar-refractivity contribution in [1.29, 1.82) is 0 Å². The maximum absolute atomic E-state index is 5.79. The van der Waals surface area contributed by atoms with Gasteiger partial charge in [-0.15, -0.1) is 0 Å². The Morgan fingerprint density at radius 2 is 2.00 bits per heavy atom. The van der Waals surface area contributed by atoms with Gasteiger partial charge in [-0.3, -0.25) is 0 Å². The maximum atomic E-state index is 5.79. The lowest BCUT2D eigenvalue weighted by atomic mass is 9.83. The molecule has 0 bridgehead atoms. The molecule has 0 amide bonds. The van der Waals surface area contributed by atoms with Gasteiger partial charge in [-0.2, -0.15) is 0 Å². The van der Waals surface area contributed by atoms with Gasteiger partial charge in [0.05, 0.1) is 6.61 Å². The van der Waals surface area contributed by atoms with Crippen molar-refractivity contribution < 1.29 is 4.74 Å². The van der Waals surface area contributed by atoms with Crippen molar-refractivity contribution >= 4 is 0 Å². The molecule has 1 atom stereocenters. The number of hydrogen-bond acceptors (Lipinski definition) is 2. The average molecular weight is 289 g/mol. The van der Waals surface area contributed by atoms with Gasteiger partial charge in [-0.1, -0.05) is 58.1 Å². The van der Waals surface area contributed by atoms with Crippen molar-refractivity contribution in [3.05, 3.63) is 29.8 Å². The second-order valence-electron chi connectivity index (χ2n) is 6.27. The summed E-state index contributed by atoms with van der Waals surface area (Å²) in [4.78, 5) is 0. The van der Waals surface area contributed by atoms with Gasteiger partial charge in [-0.25, -0.2) is 0 Å². The third-order valence-electron chi connectivity index (χ3n) is 4.48. The first kappa shape index (κ1) is 16.4. The van der Waals surface area contributed by atoms with Crippen LogP contribution >= 0.6 is 0 Å². The monoisotopic (exact) mass is 289 g/mol. The van der Waals surface area contributed by atoms with E-state index in [1.54, 1.807) is 0 Å². The van der Waals surface area contributed by atoms with Crippen LogP contribution in [0.15, 0.2) is 24.3 Å². The second kappa shape index (κ2) is 9.09. The Kier molecular flexibility index (Phi) is 7.08. The van der Waals surface area contributed by atoms with E-state index in [9.17, 15) is 0 Å². The standard InChI is InChI=1S/C19H31NO/c1-3-13-21-18-12-8-11-17(15-18)19(20-4-2)14-16-9-6-5-7-10-16/h8,11-12,15-16,19-20H,3-7,9-10,13-14H2,1-2H3. The van der Waals surface area contributed by atoms with Crippen molar-refractivity contribution in [3.8, 4) is 5.75 Å². The van der Waals surface area contributed by atoms with Gasteiger partial charge in [0.2, 0.25) is 0 Å². The first-order chi connectivity index (χ1) is 10.3. The molecule has 1 N–H and O–H groups in total. The molecule has 0 saturated heterocycles. The fourth-order valence-corrected chi connectivity index (χ4v) is 3.38. The van der Waals surface area contributed by atoms with Crippen molar-refractivity contribution in [1.82, 2.24) is 5.32 Å². The van der Waals surface area contributed by atoms with Crippen LogP contribution in [0.4, 0.5) is 0 Å². The van der Waals surface area contributed by atoms with Gasteiger partial charge in [-0.05, 0) is 43.0 Å². The van der Waals surface area contributed by atoms with Gasteiger partial charge < -0.3 is 10.1 Å². The van der Waals surface area contributed by atoms with Crippen molar-refractivity contribution in [2.24, 2.45) is 5.92 Å². The van der Waals surface area contributed by atoms with E-state index in [1.165, 1.54) is 44.1 Å². The summed E-state index contributed by atoms with van der Waals surface area (Å²) in [5.41, 5.74) is 1.39. The van der Waals surface area contributed by atoms with Crippen molar-refractivity contribution in [3.63, 3.8) is 0 Å². The highest BCUT2D eigenvalue weighted by molar-refractivity contribution is 5.30. The molecule has 1 unspecified atom stereocenters. The highest BCUT2D eigenvalue weighted by Crippen LogP contribution is 2.32. The van der Waals surface area contributed by atoms with E-state index < -0.39 is 0 Å². The number of nitrogens with one attached hydrogen (secondary N) is 1. The van der Waals surface area contributed by atoms with Gasteiger partial charge in [0.25, 0.3) is 0 Å². The highest BCUT2D eigenvalue weighted by Gasteiger charge is 2.20. The van der Waals surface area contributed by atoms with E-state index >= 15 is 0 Å². The molecule has 0 aromatic heterocycles. The van der Waals surface area contributed by atoms with Crippen LogP contribution in [0.25, 0.3) is 0 Å². The molecule has 1 aliphatic carbocycles. The van der Waals surface area contributed by atoms with Gasteiger partial charge in [0.15, 0.2) is 0 Å². The lowest BCUT2D eigenvalue weighted by Crippen LogP contribution is -2.24. The van der Waals surface area contributed by atoms with E-state index in [0.717, 1.165) is 31.2 Å². The molecule has 118 valence electrons. The summed E-state index contributed by atoms with van der Waals surface area (Å²) >= 11 is 0. The van der Waals surface area contributed by atoms with Crippen LogP contribution in [0.2, 0.25) is 0 Å². The Labute approximate surface area is 130 Å². The smallest absolute Gasteiger partial charge is 0.119 e. The zero-order valence-electron chi connectivity index (χ0n) is 13.7. The Hall–Kier alpha value is -1.02. The third-order valence-corrected chi connectivity index (χ3v) is 4.48. The number of benzene rings is 1. The van der Waals surface area contributed by atoms with E-state index in [-0.39, 0.29) is 0 Å². The molecular weight excluding hydrogens is 258 g/mol. The van der Waals surface area contributed by atoms with Crippen LogP contribution < -0.4 is 10.1 Å². The van der Waals surface area contributed by atoms with E-state index in [1.807, 2.05) is 0 Å². The van der Waals surface area contributed by atoms with Crippen LogP contribution in [0.5, 0.6) is 5.75 Å². The van der Waals surface area contributed by atoms with Crippen LogP contribution in [-0.2, 0) is 0 Å². The summed E-state index contributed by atoms with van der Waals surface area (Å²) in [5.74, 6) is 1.91. The zero-order valence-corrected chi connectivity index (χ0v) is 13.7. The minimum atomic E-state index is 0.475. The first-order valence-corrected chi connectivity index (χ1v) is 8.79. The Bertz CT molecular complexity index is 398. The Morgan fingerprint density at radius 1 is 1.19 bits per heavy atom. The molecule has 2 rings (SSSR count). The Morgan fingerprint density at radius 3 is 2.71 bits per heavy atom. The molecule has 1 saturated carbocycles. The van der Waals surface area contributed by atoms with E-state index in [2.05, 4.69) is 43.4 Å². The summed E-state index contributed by atoms with van der Waals surface area (Å²) < 4.78 is 5.79. The quantitative estimate of drug-likeness (QED) is 0.719. The van der Waals surface area contributed by atoms with E-state index in [4.69, 9.17) is 4.74 Å². The summed E-state index contributed by atoms with van der Waals surface area (Å²) in [5, 5.41) is 3.67. The molecular formula is C19H31NO. The third kappa shape index (κ3) is 5.35. The van der Waals surface area contributed by atoms with Crippen molar-refractivity contribution in [2.75, 3.05) is 13.2 Å². The molecule has 0 heterocycles. The number of ether oxygens (including phenoxy) is 1. The lowest BCUT2D eigenvalue weighted by molar-refractivity contribution is 0.299. The summed E-state index contributed by atoms with van der Waals surface area (Å²) in [6.07, 6.45) is 9.42. The SMILES string of the molecule is CCCOc1cccc(C(CC2CCCCC2)NCC)c1. The molecule has 0 aliphatic heterocycles. The predicted octanol–water partition coefficient (Wildman–Crippen LogP) is 5.10. The fraction of sp³-hybridized carbons (Fsp3) is 0.684. The summed E-state index contributed by atoms with van der Waals surface area (Å²) in [6.45, 7) is 6.18. The topological polar surface area (TPSA) is 21.3 Å². The molecule has 1 aromatic rings. The summed E-state index contributed by atoms with van der Waals surface area (Å²) in [7, 11) is 0. The molecule has 0 radical (unpaired) electrons. The number of hydrogen-bond donors (Lipinski definition) is 1. The average Bonchev–Trinajstić information content (AvgIpc) is 2.54. The van der Waals surface area contributed by atoms with Crippen LogP contribution in [0, 0.1) is 5.92 Å². The minimum Gasteiger partial charge on any atom is -0.494 e. The minimum absolute atomic E-state index is 0.475. The molecule has 1 aromatic carbocycles. The Balaban J connectivity index is 2.01. The molecule has 21 heavy (non-hydrogen) atoms. The maximum Gasteiger partial charge on any atom is 0.119 e. The van der Waals surface area contributed by atoms with Gasteiger partial charge in [0.1, 0.15) is 5.75 Å². The fourth-order valence-electron chi connectivity index (χ4n) is 3.38. The number of rotatable bonds is 8. The van der Waals surface area contributed by atoms with Crippen molar-refractivity contribution in [2.45, 2.75) is 64.8 Å².